The molecular weight excluding hydrogens is 159 g/mol. The third-order valence-corrected chi connectivity index (χ3v) is 2.05. The normalized spacial score (nSPS) is 26.6. The molecule has 2 atom stereocenters. The first kappa shape index (κ1) is 7.55. The van der Waals surface area contributed by atoms with E-state index in [0.717, 1.165) is 0 Å². The predicted molar refractivity (Wildman–Crippen MR) is 41.4 cm³/mol. The van der Waals surface area contributed by atoms with Gasteiger partial charge >= 0.3 is 0 Å². The zero-order chi connectivity index (χ0) is 8.72. The van der Waals surface area contributed by atoms with E-state index in [-0.39, 0.29) is 11.9 Å². The lowest BCUT2D eigenvalue weighted by molar-refractivity contribution is 0.0795. The number of ether oxygens (including phenoxy) is 1. The van der Waals surface area contributed by atoms with Gasteiger partial charge in [0.15, 0.2) is 0 Å². The second kappa shape index (κ2) is 2.45. The van der Waals surface area contributed by atoms with E-state index in [2.05, 4.69) is 0 Å². The van der Waals surface area contributed by atoms with E-state index >= 15 is 0 Å². The Bertz CT molecular complexity index is 311. The molecule has 1 aromatic carbocycles. The van der Waals surface area contributed by atoms with Gasteiger partial charge in [0.2, 0.25) is 0 Å². The Labute approximate surface area is 69.6 Å². The number of aliphatic hydroxyl groups is 1. The molecule has 1 aliphatic rings. The number of hydrogen-bond acceptors (Lipinski definition) is 2. The zero-order valence-electron chi connectivity index (χ0n) is 6.62. The van der Waals surface area contributed by atoms with Gasteiger partial charge in [0.1, 0.15) is 23.8 Å². The third kappa shape index (κ3) is 0.975. The summed E-state index contributed by atoms with van der Waals surface area (Å²) >= 11 is 0. The fourth-order valence-electron chi connectivity index (χ4n) is 1.38. The van der Waals surface area contributed by atoms with Crippen LogP contribution in [-0.4, -0.2) is 11.2 Å². The number of rotatable bonds is 0. The minimum absolute atomic E-state index is 0.276. The summed E-state index contributed by atoms with van der Waals surface area (Å²) < 4.78 is 18.0. The maximum absolute atomic E-state index is 12.7. The van der Waals surface area contributed by atoms with Crippen LogP contribution in [0.15, 0.2) is 18.2 Å². The molecule has 0 saturated heterocycles. The molecule has 2 nitrogen and oxygen atoms in total. The van der Waals surface area contributed by atoms with Crippen molar-refractivity contribution in [2.24, 2.45) is 0 Å². The highest BCUT2D eigenvalue weighted by atomic mass is 19.1. The first-order valence-corrected chi connectivity index (χ1v) is 3.82. The molecule has 2 unspecified atom stereocenters. The van der Waals surface area contributed by atoms with Gasteiger partial charge in [-0.15, -0.1) is 0 Å². The van der Waals surface area contributed by atoms with Crippen molar-refractivity contribution in [1.29, 1.82) is 0 Å². The highest BCUT2D eigenvalue weighted by molar-refractivity contribution is 5.39. The fraction of sp³-hybridized carbons (Fsp3) is 0.333. The van der Waals surface area contributed by atoms with Crippen LogP contribution in [0.5, 0.6) is 5.75 Å². The van der Waals surface area contributed by atoms with Crippen LogP contribution in [0.2, 0.25) is 0 Å². The minimum Gasteiger partial charge on any atom is -0.487 e. The van der Waals surface area contributed by atoms with Gasteiger partial charge in [-0.2, -0.15) is 0 Å². The summed E-state index contributed by atoms with van der Waals surface area (Å²) in [6.07, 6.45) is -0.975. The van der Waals surface area contributed by atoms with Crippen molar-refractivity contribution in [2.45, 2.75) is 19.1 Å². The molecule has 1 aliphatic heterocycles. The molecule has 0 aromatic heterocycles. The van der Waals surface area contributed by atoms with E-state index < -0.39 is 6.10 Å². The summed E-state index contributed by atoms with van der Waals surface area (Å²) in [5, 5.41) is 9.48. The highest BCUT2D eigenvalue weighted by Crippen LogP contribution is 2.36. The molecule has 3 heteroatoms. The minimum atomic E-state index is -0.698. The summed E-state index contributed by atoms with van der Waals surface area (Å²) in [6, 6.07) is 4.17. The van der Waals surface area contributed by atoms with E-state index in [4.69, 9.17) is 4.74 Å². The molecule has 64 valence electrons. The number of fused-ring (bicyclic) bond motifs is 1. The molecule has 0 aliphatic carbocycles. The maximum atomic E-state index is 12.7. The standard InChI is InChI=1S/C9H9FO2/c1-5-9(11)7-4-6(10)2-3-8(7)12-5/h2-5,9,11H,1H3. The van der Waals surface area contributed by atoms with E-state index in [9.17, 15) is 9.50 Å². The summed E-state index contributed by atoms with van der Waals surface area (Å²) in [4.78, 5) is 0. The zero-order valence-corrected chi connectivity index (χ0v) is 6.62. The molecule has 1 heterocycles. The van der Waals surface area contributed by atoms with Gasteiger partial charge in [0, 0.05) is 5.56 Å². The Morgan fingerprint density at radius 1 is 1.50 bits per heavy atom. The van der Waals surface area contributed by atoms with Crippen LogP contribution in [0.3, 0.4) is 0 Å². The third-order valence-electron chi connectivity index (χ3n) is 2.05. The second-order valence-electron chi connectivity index (χ2n) is 2.95. The van der Waals surface area contributed by atoms with E-state index in [0.29, 0.717) is 11.3 Å². The highest BCUT2D eigenvalue weighted by Gasteiger charge is 2.29. The Morgan fingerprint density at radius 2 is 2.25 bits per heavy atom. The van der Waals surface area contributed by atoms with Crippen LogP contribution in [0.4, 0.5) is 4.39 Å². The summed E-state index contributed by atoms with van der Waals surface area (Å²) in [5.41, 5.74) is 0.544. The summed E-state index contributed by atoms with van der Waals surface area (Å²) in [5.74, 6) is 0.238. The Morgan fingerprint density at radius 3 is 3.00 bits per heavy atom. The lowest BCUT2D eigenvalue weighted by Gasteiger charge is -2.06. The molecule has 0 saturated carbocycles. The molecule has 0 amide bonds. The lowest BCUT2D eigenvalue weighted by Crippen LogP contribution is -2.12. The van der Waals surface area contributed by atoms with Crippen molar-refractivity contribution in [3.63, 3.8) is 0 Å². The lowest BCUT2D eigenvalue weighted by atomic mass is 10.1. The second-order valence-corrected chi connectivity index (χ2v) is 2.95. The summed E-state index contributed by atoms with van der Waals surface area (Å²) in [6.45, 7) is 1.75. The van der Waals surface area contributed by atoms with Gasteiger partial charge in [-0.25, -0.2) is 4.39 Å². The van der Waals surface area contributed by atoms with Gasteiger partial charge in [0.25, 0.3) is 0 Å². The number of hydrogen-bond donors (Lipinski definition) is 1. The molecule has 0 radical (unpaired) electrons. The molecule has 1 N–H and O–H groups in total. The molecular formula is C9H9FO2. The van der Waals surface area contributed by atoms with Crippen molar-refractivity contribution in [3.8, 4) is 5.75 Å². The molecule has 12 heavy (non-hydrogen) atoms. The maximum Gasteiger partial charge on any atom is 0.126 e. The van der Waals surface area contributed by atoms with E-state index in [1.807, 2.05) is 0 Å². The van der Waals surface area contributed by atoms with Crippen molar-refractivity contribution < 1.29 is 14.2 Å². The first-order valence-electron chi connectivity index (χ1n) is 3.82. The van der Waals surface area contributed by atoms with Gasteiger partial charge in [-0.05, 0) is 25.1 Å². The van der Waals surface area contributed by atoms with Crippen LogP contribution >= 0.6 is 0 Å². The average molecular weight is 168 g/mol. The van der Waals surface area contributed by atoms with Crippen LogP contribution in [0.25, 0.3) is 0 Å². The van der Waals surface area contributed by atoms with Crippen molar-refractivity contribution >= 4 is 0 Å². The molecule has 1 aromatic rings. The van der Waals surface area contributed by atoms with E-state index in [1.165, 1.54) is 18.2 Å². The van der Waals surface area contributed by atoms with Crippen molar-refractivity contribution in [3.05, 3.63) is 29.6 Å². The Balaban J connectivity index is 2.48. The van der Waals surface area contributed by atoms with Crippen molar-refractivity contribution in [1.82, 2.24) is 0 Å². The van der Waals surface area contributed by atoms with Crippen LogP contribution in [-0.2, 0) is 0 Å². The molecule has 2 rings (SSSR count). The summed E-state index contributed by atoms with van der Waals surface area (Å²) in [7, 11) is 0. The largest absolute Gasteiger partial charge is 0.487 e. The Kier molecular flexibility index (Phi) is 1.54. The smallest absolute Gasteiger partial charge is 0.126 e. The van der Waals surface area contributed by atoms with Gasteiger partial charge in [-0.1, -0.05) is 0 Å². The van der Waals surface area contributed by atoms with Crippen LogP contribution in [0.1, 0.15) is 18.6 Å². The number of benzene rings is 1. The SMILES string of the molecule is CC1Oc2ccc(F)cc2C1O. The first-order chi connectivity index (χ1) is 5.68. The fourth-order valence-corrected chi connectivity index (χ4v) is 1.38. The number of aliphatic hydroxyl groups excluding tert-OH is 1. The van der Waals surface area contributed by atoms with Crippen LogP contribution < -0.4 is 4.74 Å². The average Bonchev–Trinajstić information content (AvgIpc) is 2.31. The molecule has 0 fully saturated rings. The van der Waals surface area contributed by atoms with Gasteiger partial charge < -0.3 is 9.84 Å². The topological polar surface area (TPSA) is 29.5 Å². The molecule has 0 bridgehead atoms. The van der Waals surface area contributed by atoms with E-state index in [1.54, 1.807) is 6.92 Å². The van der Waals surface area contributed by atoms with Gasteiger partial charge in [-0.3, -0.25) is 0 Å². The Hall–Kier alpha value is -1.09. The number of halogens is 1. The van der Waals surface area contributed by atoms with Crippen molar-refractivity contribution in [2.75, 3.05) is 0 Å². The quantitative estimate of drug-likeness (QED) is 0.638. The van der Waals surface area contributed by atoms with Gasteiger partial charge in [0.05, 0.1) is 0 Å². The predicted octanol–water partition coefficient (Wildman–Crippen LogP) is 1.64. The molecule has 0 spiro atoms. The van der Waals surface area contributed by atoms with Crippen LogP contribution in [0, 0.1) is 5.82 Å². The monoisotopic (exact) mass is 168 g/mol.